The number of anilines is 2. The van der Waals surface area contributed by atoms with E-state index in [4.69, 9.17) is 17.2 Å². The molecule has 2 aliphatic rings. The Kier molecular flexibility index (Phi) is 6.63. The molecule has 0 bridgehead atoms. The number of halogens is 1. The van der Waals surface area contributed by atoms with Crippen LogP contribution in [-0.2, 0) is 4.79 Å². The predicted molar refractivity (Wildman–Crippen MR) is 147 cm³/mol. The molecule has 0 aliphatic carbocycles. The Labute approximate surface area is 217 Å². The quantitative estimate of drug-likeness (QED) is 0.287. The van der Waals surface area contributed by atoms with E-state index in [0.717, 1.165) is 5.56 Å². The normalized spacial score (nSPS) is 17.5. The number of para-hydroxylation sites is 1. The number of rotatable bonds is 5. The number of amides is 1. The van der Waals surface area contributed by atoms with Crippen LogP contribution in [0.5, 0.6) is 0 Å². The fourth-order valence-corrected chi connectivity index (χ4v) is 5.71. The molecule has 2 aromatic heterocycles. The number of piperazine rings is 1. The van der Waals surface area contributed by atoms with E-state index in [-0.39, 0.29) is 17.3 Å². The zero-order valence-electron chi connectivity index (χ0n) is 19.7. The standard InChI is InChI=1S/C26H24FN5O2S2/c1-3-10-32-25(34)21(36-26(32)35)16-18-23(28-22-17(2)7-6-11-31(22)24(18)33)30-14-12-29(13-15-30)20-9-5-4-8-19(20)27/h3-9,11,16H,1,10,12-15H2,2H3/b21-16-. The van der Waals surface area contributed by atoms with Crippen molar-refractivity contribution in [3.05, 3.63) is 87.5 Å². The van der Waals surface area contributed by atoms with Gasteiger partial charge in [-0.25, -0.2) is 9.37 Å². The lowest BCUT2D eigenvalue weighted by atomic mass is 10.2. The van der Waals surface area contributed by atoms with Crippen LogP contribution >= 0.6 is 24.0 Å². The summed E-state index contributed by atoms with van der Waals surface area (Å²) in [4.78, 5) is 37.4. The van der Waals surface area contributed by atoms with Crippen LogP contribution < -0.4 is 15.4 Å². The first kappa shape index (κ1) is 24.2. The molecule has 0 unspecified atom stereocenters. The number of thiocarbonyl (C=S) groups is 1. The molecule has 0 N–H and O–H groups in total. The Bertz CT molecular complexity index is 1480. The molecule has 3 aromatic rings. The number of hydrogen-bond donors (Lipinski definition) is 0. The van der Waals surface area contributed by atoms with Crippen molar-refractivity contribution in [3.63, 3.8) is 0 Å². The lowest BCUT2D eigenvalue weighted by molar-refractivity contribution is -0.121. The number of thioether (sulfide) groups is 1. The number of carbonyl (C=O) groups is 1. The minimum atomic E-state index is -0.260. The van der Waals surface area contributed by atoms with Gasteiger partial charge in [-0.3, -0.25) is 18.9 Å². The van der Waals surface area contributed by atoms with Crippen molar-refractivity contribution in [1.29, 1.82) is 0 Å². The fraction of sp³-hybridized carbons (Fsp3) is 0.231. The van der Waals surface area contributed by atoms with Gasteiger partial charge >= 0.3 is 0 Å². The van der Waals surface area contributed by atoms with E-state index in [9.17, 15) is 14.0 Å². The summed E-state index contributed by atoms with van der Waals surface area (Å²) in [5.41, 5.74) is 2.06. The van der Waals surface area contributed by atoms with Crippen LogP contribution in [-0.4, -0.2) is 57.2 Å². The second-order valence-corrected chi connectivity index (χ2v) is 10.2. The van der Waals surface area contributed by atoms with E-state index >= 15 is 0 Å². The topological polar surface area (TPSA) is 61.2 Å². The third-order valence-corrected chi connectivity index (χ3v) is 7.67. The van der Waals surface area contributed by atoms with Gasteiger partial charge in [0, 0.05) is 38.9 Å². The van der Waals surface area contributed by atoms with Crippen molar-refractivity contribution in [2.75, 3.05) is 42.5 Å². The first-order valence-electron chi connectivity index (χ1n) is 11.5. The second kappa shape index (κ2) is 9.87. The number of fused-ring (bicyclic) bond motifs is 1. The van der Waals surface area contributed by atoms with Crippen molar-refractivity contribution >= 4 is 57.4 Å². The molecule has 2 fully saturated rings. The third kappa shape index (κ3) is 4.31. The molecule has 36 heavy (non-hydrogen) atoms. The van der Waals surface area contributed by atoms with Crippen molar-refractivity contribution in [2.24, 2.45) is 0 Å². The van der Waals surface area contributed by atoms with Gasteiger partial charge < -0.3 is 9.80 Å². The van der Waals surface area contributed by atoms with Crippen LogP contribution in [0, 0.1) is 12.7 Å². The van der Waals surface area contributed by atoms with Crippen LogP contribution in [0.2, 0.25) is 0 Å². The van der Waals surface area contributed by atoms with E-state index in [2.05, 4.69) is 6.58 Å². The number of hydrogen-bond acceptors (Lipinski definition) is 7. The van der Waals surface area contributed by atoms with Gasteiger partial charge in [0.1, 0.15) is 21.6 Å². The molecule has 0 saturated carbocycles. The number of benzene rings is 1. The first-order valence-corrected chi connectivity index (χ1v) is 12.7. The highest BCUT2D eigenvalue weighted by molar-refractivity contribution is 8.26. The number of aryl methyl sites for hydroxylation is 1. The SMILES string of the molecule is C=CCN1C(=O)/C(=C/c2c(N3CCN(c4ccccc4F)CC3)nc3c(C)cccn3c2=O)SC1=S. The Morgan fingerprint density at radius 2 is 1.83 bits per heavy atom. The largest absolute Gasteiger partial charge is 0.366 e. The van der Waals surface area contributed by atoms with E-state index in [1.807, 2.05) is 28.9 Å². The molecule has 2 saturated heterocycles. The highest BCUT2D eigenvalue weighted by Crippen LogP contribution is 2.34. The smallest absolute Gasteiger partial charge is 0.267 e. The Morgan fingerprint density at radius 3 is 2.56 bits per heavy atom. The van der Waals surface area contributed by atoms with Gasteiger partial charge in [-0.2, -0.15) is 0 Å². The molecule has 0 spiro atoms. The average molecular weight is 522 g/mol. The number of pyridine rings is 1. The van der Waals surface area contributed by atoms with Gasteiger partial charge in [0.05, 0.1) is 16.2 Å². The second-order valence-electron chi connectivity index (χ2n) is 8.55. The number of carbonyl (C=O) groups excluding carboxylic acids is 1. The predicted octanol–water partition coefficient (Wildman–Crippen LogP) is 3.86. The van der Waals surface area contributed by atoms with Crippen molar-refractivity contribution in [1.82, 2.24) is 14.3 Å². The maximum Gasteiger partial charge on any atom is 0.267 e. The van der Waals surface area contributed by atoms with Gasteiger partial charge in [-0.1, -0.05) is 48.3 Å². The molecular weight excluding hydrogens is 497 g/mol. The van der Waals surface area contributed by atoms with Crippen molar-refractivity contribution in [2.45, 2.75) is 6.92 Å². The van der Waals surface area contributed by atoms with Crippen molar-refractivity contribution in [3.8, 4) is 0 Å². The summed E-state index contributed by atoms with van der Waals surface area (Å²) >= 11 is 6.53. The number of aromatic nitrogens is 2. The summed E-state index contributed by atoms with van der Waals surface area (Å²) in [6.45, 7) is 8.12. The van der Waals surface area contributed by atoms with Crippen LogP contribution in [0.1, 0.15) is 11.1 Å². The lowest BCUT2D eigenvalue weighted by Gasteiger charge is -2.37. The molecule has 0 radical (unpaired) electrons. The maximum absolute atomic E-state index is 14.3. The van der Waals surface area contributed by atoms with E-state index in [0.29, 0.717) is 64.7 Å². The molecule has 1 amide bonds. The van der Waals surface area contributed by atoms with Crippen LogP contribution in [0.3, 0.4) is 0 Å². The van der Waals surface area contributed by atoms with Crippen LogP contribution in [0.15, 0.2) is 64.9 Å². The first-order chi connectivity index (χ1) is 17.4. The third-order valence-electron chi connectivity index (χ3n) is 6.30. The zero-order chi connectivity index (χ0) is 25.4. The van der Waals surface area contributed by atoms with Crippen LogP contribution in [0.4, 0.5) is 15.9 Å². The van der Waals surface area contributed by atoms with Gasteiger partial charge in [-0.15, -0.1) is 6.58 Å². The Morgan fingerprint density at radius 1 is 1.11 bits per heavy atom. The monoisotopic (exact) mass is 521 g/mol. The lowest BCUT2D eigenvalue weighted by Crippen LogP contribution is -2.47. The molecule has 4 heterocycles. The molecule has 184 valence electrons. The Hall–Kier alpha value is -3.50. The van der Waals surface area contributed by atoms with Gasteiger partial charge in [0.25, 0.3) is 11.5 Å². The minimum Gasteiger partial charge on any atom is -0.366 e. The average Bonchev–Trinajstić information content (AvgIpc) is 3.14. The summed E-state index contributed by atoms with van der Waals surface area (Å²) in [6, 6.07) is 10.4. The molecule has 5 rings (SSSR count). The molecular formula is C26H24FN5O2S2. The fourth-order valence-electron chi connectivity index (χ4n) is 4.45. The highest BCUT2D eigenvalue weighted by atomic mass is 32.2. The maximum atomic E-state index is 14.3. The number of nitrogens with zero attached hydrogens (tertiary/aromatic N) is 5. The molecule has 10 heteroatoms. The minimum absolute atomic E-state index is 0.256. The summed E-state index contributed by atoms with van der Waals surface area (Å²) < 4.78 is 16.3. The van der Waals surface area contributed by atoms with Gasteiger partial charge in [0.15, 0.2) is 0 Å². The van der Waals surface area contributed by atoms with Gasteiger partial charge in [0.2, 0.25) is 0 Å². The van der Waals surface area contributed by atoms with Crippen molar-refractivity contribution < 1.29 is 9.18 Å². The van der Waals surface area contributed by atoms with E-state index in [1.165, 1.54) is 27.1 Å². The molecule has 7 nitrogen and oxygen atoms in total. The summed E-state index contributed by atoms with van der Waals surface area (Å²) in [6.07, 6.45) is 4.90. The zero-order valence-corrected chi connectivity index (χ0v) is 21.3. The summed E-state index contributed by atoms with van der Waals surface area (Å²) in [7, 11) is 0. The Balaban J connectivity index is 1.55. The summed E-state index contributed by atoms with van der Waals surface area (Å²) in [5.74, 6) is -0.00340. The highest BCUT2D eigenvalue weighted by Gasteiger charge is 2.32. The van der Waals surface area contributed by atoms with Gasteiger partial charge in [-0.05, 0) is 36.8 Å². The van der Waals surface area contributed by atoms with E-state index in [1.54, 1.807) is 36.5 Å². The van der Waals surface area contributed by atoms with Crippen LogP contribution in [0.25, 0.3) is 11.7 Å². The molecule has 0 atom stereocenters. The molecule has 2 aliphatic heterocycles. The molecule has 1 aromatic carbocycles. The van der Waals surface area contributed by atoms with E-state index < -0.39 is 0 Å². The summed E-state index contributed by atoms with van der Waals surface area (Å²) in [5, 5.41) is 0.